The molecule has 1 aliphatic rings. The summed E-state index contributed by atoms with van der Waals surface area (Å²) in [5.41, 5.74) is 2.72. The maximum absolute atomic E-state index is 13.1. The van der Waals surface area contributed by atoms with Gasteiger partial charge in [0, 0.05) is 22.6 Å². The predicted molar refractivity (Wildman–Crippen MR) is 116 cm³/mol. The maximum Gasteiger partial charge on any atom is 0.255 e. The van der Waals surface area contributed by atoms with Gasteiger partial charge in [-0.15, -0.1) is 0 Å². The van der Waals surface area contributed by atoms with Crippen LogP contribution >= 0.6 is 22.6 Å². The van der Waals surface area contributed by atoms with Crippen molar-refractivity contribution in [3.05, 3.63) is 51.4 Å². The van der Waals surface area contributed by atoms with Gasteiger partial charge in [0.1, 0.15) is 5.82 Å². The molecular formula is C21H22IN3O3. The average Bonchev–Trinajstić information content (AvgIpc) is 3.17. The van der Waals surface area contributed by atoms with Crippen LogP contribution in [0.1, 0.15) is 34.9 Å². The molecule has 2 aromatic carbocycles. The van der Waals surface area contributed by atoms with Crippen molar-refractivity contribution in [1.82, 2.24) is 14.9 Å². The fourth-order valence-electron chi connectivity index (χ4n) is 3.71. The fraction of sp³-hybridized carbons (Fsp3) is 0.333. The summed E-state index contributed by atoms with van der Waals surface area (Å²) in [6.45, 7) is 1.43. The molecule has 1 saturated heterocycles. The van der Waals surface area contributed by atoms with Crippen LogP contribution in [0.5, 0.6) is 11.5 Å². The van der Waals surface area contributed by atoms with Crippen molar-refractivity contribution in [2.45, 2.75) is 18.8 Å². The first kappa shape index (κ1) is 19.0. The molecule has 146 valence electrons. The number of nitrogens with zero attached hydrogens (tertiary/aromatic N) is 2. The van der Waals surface area contributed by atoms with Crippen LogP contribution in [0, 0.1) is 3.57 Å². The van der Waals surface area contributed by atoms with Gasteiger partial charge in [0.15, 0.2) is 11.5 Å². The molecule has 6 nitrogen and oxygen atoms in total. The number of aromatic amines is 1. The van der Waals surface area contributed by atoms with Gasteiger partial charge >= 0.3 is 0 Å². The number of rotatable bonds is 4. The van der Waals surface area contributed by atoms with Gasteiger partial charge in [-0.05, 0) is 59.7 Å². The molecule has 4 rings (SSSR count). The van der Waals surface area contributed by atoms with E-state index in [2.05, 4.69) is 27.6 Å². The number of hydrogen-bond acceptors (Lipinski definition) is 4. The Kier molecular flexibility index (Phi) is 5.43. The zero-order valence-corrected chi connectivity index (χ0v) is 18.0. The Morgan fingerprint density at radius 1 is 1.14 bits per heavy atom. The molecule has 0 spiro atoms. The molecule has 1 N–H and O–H groups in total. The summed E-state index contributed by atoms with van der Waals surface area (Å²) in [6.07, 6.45) is 1.80. The molecule has 7 heteroatoms. The van der Waals surface area contributed by atoms with Crippen LogP contribution in [0.2, 0.25) is 0 Å². The van der Waals surface area contributed by atoms with Crippen molar-refractivity contribution < 1.29 is 14.3 Å². The van der Waals surface area contributed by atoms with Crippen LogP contribution in [-0.2, 0) is 0 Å². The number of benzene rings is 2. The van der Waals surface area contributed by atoms with Crippen LogP contribution < -0.4 is 9.47 Å². The van der Waals surface area contributed by atoms with Crippen molar-refractivity contribution in [3.8, 4) is 11.5 Å². The summed E-state index contributed by atoms with van der Waals surface area (Å²) in [4.78, 5) is 23.2. The lowest BCUT2D eigenvalue weighted by Crippen LogP contribution is -2.38. The number of piperidine rings is 1. The fourth-order valence-corrected chi connectivity index (χ4v) is 4.38. The number of amides is 1. The third kappa shape index (κ3) is 3.55. The van der Waals surface area contributed by atoms with Gasteiger partial charge in [-0.3, -0.25) is 4.79 Å². The second-order valence-corrected chi connectivity index (χ2v) is 8.05. The van der Waals surface area contributed by atoms with E-state index in [1.165, 1.54) is 0 Å². The minimum absolute atomic E-state index is 0.0356. The van der Waals surface area contributed by atoms with Gasteiger partial charge in [-0.1, -0.05) is 12.1 Å². The smallest absolute Gasteiger partial charge is 0.255 e. The Bertz CT molecular complexity index is 976. The number of ether oxygens (including phenoxy) is 2. The molecule has 3 aromatic rings. The van der Waals surface area contributed by atoms with Crippen molar-refractivity contribution in [1.29, 1.82) is 0 Å². The van der Waals surface area contributed by atoms with E-state index < -0.39 is 0 Å². The largest absolute Gasteiger partial charge is 0.493 e. The summed E-state index contributed by atoms with van der Waals surface area (Å²) >= 11 is 2.18. The maximum atomic E-state index is 13.1. The number of halogens is 1. The van der Waals surface area contributed by atoms with E-state index >= 15 is 0 Å². The summed E-state index contributed by atoms with van der Waals surface area (Å²) in [7, 11) is 3.18. The molecule has 1 amide bonds. The van der Waals surface area contributed by atoms with Gasteiger partial charge in [0.05, 0.1) is 30.8 Å². The molecule has 2 heterocycles. The molecule has 1 fully saturated rings. The molecular weight excluding hydrogens is 469 g/mol. The Labute approximate surface area is 177 Å². The zero-order valence-electron chi connectivity index (χ0n) is 15.9. The number of fused-ring (bicyclic) bond motifs is 1. The number of imidazole rings is 1. The van der Waals surface area contributed by atoms with E-state index in [-0.39, 0.29) is 5.91 Å². The quantitative estimate of drug-likeness (QED) is 0.556. The SMILES string of the molecule is COc1cc(I)c(C(=O)N2CCC(c3nc4ccccc4[nH]3)CC2)cc1OC. The highest BCUT2D eigenvalue weighted by atomic mass is 127. The van der Waals surface area contributed by atoms with E-state index in [0.29, 0.717) is 36.1 Å². The third-order valence-electron chi connectivity index (χ3n) is 5.28. The molecule has 0 atom stereocenters. The number of hydrogen-bond donors (Lipinski definition) is 1. The van der Waals surface area contributed by atoms with Gasteiger partial charge < -0.3 is 19.4 Å². The van der Waals surface area contributed by atoms with E-state index in [0.717, 1.165) is 33.3 Å². The van der Waals surface area contributed by atoms with Crippen LogP contribution in [0.3, 0.4) is 0 Å². The zero-order chi connectivity index (χ0) is 19.7. The summed E-state index contributed by atoms with van der Waals surface area (Å²) < 4.78 is 11.5. The molecule has 1 aromatic heterocycles. The van der Waals surface area contributed by atoms with Crippen LogP contribution in [0.15, 0.2) is 36.4 Å². The van der Waals surface area contributed by atoms with Crippen molar-refractivity contribution in [3.63, 3.8) is 0 Å². The lowest BCUT2D eigenvalue weighted by molar-refractivity contribution is 0.0709. The molecule has 0 aliphatic carbocycles. The Hall–Kier alpha value is -2.29. The number of aromatic nitrogens is 2. The monoisotopic (exact) mass is 491 g/mol. The lowest BCUT2D eigenvalue weighted by Gasteiger charge is -2.31. The number of carbonyl (C=O) groups is 1. The van der Waals surface area contributed by atoms with Crippen LogP contribution in [-0.4, -0.2) is 48.1 Å². The number of methoxy groups -OCH3 is 2. The van der Waals surface area contributed by atoms with E-state index in [1.807, 2.05) is 35.2 Å². The number of carbonyl (C=O) groups excluding carboxylic acids is 1. The average molecular weight is 491 g/mol. The molecule has 0 saturated carbocycles. The van der Waals surface area contributed by atoms with Crippen molar-refractivity contribution in [2.75, 3.05) is 27.3 Å². The van der Waals surface area contributed by atoms with Gasteiger partial charge in [0.25, 0.3) is 5.91 Å². The standard InChI is InChI=1S/C21H22IN3O3/c1-27-18-11-14(15(22)12-19(18)28-2)21(26)25-9-7-13(8-10-25)20-23-16-5-3-4-6-17(16)24-20/h3-6,11-13H,7-10H2,1-2H3,(H,23,24). The number of likely N-dealkylation sites (tertiary alicyclic amines) is 1. The minimum Gasteiger partial charge on any atom is -0.493 e. The third-order valence-corrected chi connectivity index (χ3v) is 6.17. The second-order valence-electron chi connectivity index (χ2n) is 6.89. The summed E-state index contributed by atoms with van der Waals surface area (Å²) in [6, 6.07) is 11.7. The first-order chi connectivity index (χ1) is 13.6. The molecule has 0 bridgehead atoms. The first-order valence-corrected chi connectivity index (χ1v) is 10.3. The Morgan fingerprint density at radius 2 is 1.82 bits per heavy atom. The highest BCUT2D eigenvalue weighted by molar-refractivity contribution is 14.1. The van der Waals surface area contributed by atoms with Crippen LogP contribution in [0.25, 0.3) is 11.0 Å². The first-order valence-electron chi connectivity index (χ1n) is 9.26. The van der Waals surface area contributed by atoms with Crippen molar-refractivity contribution in [2.24, 2.45) is 0 Å². The minimum atomic E-state index is 0.0356. The predicted octanol–water partition coefficient (Wildman–Crippen LogP) is 4.20. The van der Waals surface area contributed by atoms with Crippen LogP contribution in [0.4, 0.5) is 0 Å². The molecule has 28 heavy (non-hydrogen) atoms. The lowest BCUT2D eigenvalue weighted by atomic mass is 9.95. The number of nitrogens with one attached hydrogen (secondary N) is 1. The van der Waals surface area contributed by atoms with Gasteiger partial charge in [-0.2, -0.15) is 0 Å². The van der Waals surface area contributed by atoms with Crippen molar-refractivity contribution >= 4 is 39.5 Å². The second kappa shape index (κ2) is 7.98. The summed E-state index contributed by atoms with van der Waals surface area (Å²) in [5.74, 6) is 2.61. The topological polar surface area (TPSA) is 67.5 Å². The van der Waals surface area contributed by atoms with Gasteiger partial charge in [-0.25, -0.2) is 4.98 Å². The molecule has 1 aliphatic heterocycles. The highest BCUT2D eigenvalue weighted by Crippen LogP contribution is 2.33. The highest BCUT2D eigenvalue weighted by Gasteiger charge is 2.28. The van der Waals surface area contributed by atoms with E-state index in [1.54, 1.807) is 20.3 Å². The summed E-state index contributed by atoms with van der Waals surface area (Å²) in [5, 5.41) is 0. The normalized spacial score (nSPS) is 15.0. The molecule has 0 unspecified atom stereocenters. The van der Waals surface area contributed by atoms with E-state index in [4.69, 9.17) is 14.5 Å². The number of para-hydroxylation sites is 2. The number of H-pyrrole nitrogens is 1. The molecule has 0 radical (unpaired) electrons. The van der Waals surface area contributed by atoms with E-state index in [9.17, 15) is 4.79 Å². The Morgan fingerprint density at radius 3 is 2.50 bits per heavy atom. The van der Waals surface area contributed by atoms with Gasteiger partial charge in [0.2, 0.25) is 0 Å². The Balaban J connectivity index is 1.48.